The van der Waals surface area contributed by atoms with Gasteiger partial charge in [0.05, 0.1) is 10.9 Å². The molecule has 1 aliphatic rings. The van der Waals surface area contributed by atoms with Gasteiger partial charge in [0.25, 0.3) is 0 Å². The van der Waals surface area contributed by atoms with E-state index in [1.165, 1.54) is 16.7 Å². The van der Waals surface area contributed by atoms with Gasteiger partial charge in [0.15, 0.2) is 0 Å². The molecule has 0 aliphatic carbocycles. The van der Waals surface area contributed by atoms with Gasteiger partial charge < -0.3 is 10.4 Å². The van der Waals surface area contributed by atoms with Crippen LogP contribution in [0.15, 0.2) is 18.2 Å². The van der Waals surface area contributed by atoms with Crippen molar-refractivity contribution in [1.82, 2.24) is 9.78 Å². The molecule has 3 rings (SSSR count). The van der Waals surface area contributed by atoms with Crippen LogP contribution in [0.3, 0.4) is 0 Å². The number of hydrogen-bond acceptors (Lipinski definition) is 4. The van der Waals surface area contributed by atoms with Crippen LogP contribution in [0.25, 0.3) is 0 Å². The molecule has 2 aromatic rings. The molecule has 0 unspecified atom stereocenters. The fourth-order valence-electron chi connectivity index (χ4n) is 3.44. The van der Waals surface area contributed by atoms with Crippen LogP contribution >= 0.6 is 23.4 Å². The average molecular weight is 366 g/mol. The highest BCUT2D eigenvalue weighted by Crippen LogP contribution is 2.48. The molecule has 24 heavy (non-hydrogen) atoms. The molecule has 1 aliphatic heterocycles. The van der Waals surface area contributed by atoms with Crippen LogP contribution in [0.5, 0.6) is 0 Å². The summed E-state index contributed by atoms with van der Waals surface area (Å²) in [5.74, 6) is 1.08. The second kappa shape index (κ2) is 6.98. The Morgan fingerprint density at radius 1 is 1.38 bits per heavy atom. The summed E-state index contributed by atoms with van der Waals surface area (Å²) in [4.78, 5) is 0. The van der Waals surface area contributed by atoms with Crippen molar-refractivity contribution in [1.29, 1.82) is 0 Å². The molecule has 1 aromatic heterocycles. The van der Waals surface area contributed by atoms with Gasteiger partial charge in [-0.25, -0.2) is 0 Å². The van der Waals surface area contributed by atoms with Crippen LogP contribution in [0.1, 0.15) is 41.0 Å². The first-order chi connectivity index (χ1) is 11.4. The molecule has 2 heterocycles. The van der Waals surface area contributed by atoms with E-state index in [4.69, 9.17) is 11.6 Å². The van der Waals surface area contributed by atoms with Crippen molar-refractivity contribution in [2.45, 2.75) is 43.7 Å². The van der Waals surface area contributed by atoms with Crippen molar-refractivity contribution in [3.8, 4) is 0 Å². The minimum atomic E-state index is 0.181. The van der Waals surface area contributed by atoms with Gasteiger partial charge in [-0.1, -0.05) is 17.7 Å². The van der Waals surface area contributed by atoms with Crippen LogP contribution in [-0.2, 0) is 7.05 Å². The summed E-state index contributed by atoms with van der Waals surface area (Å²) in [7, 11) is 1.98. The van der Waals surface area contributed by atoms with Gasteiger partial charge in [-0.3, -0.25) is 4.68 Å². The third-order valence-electron chi connectivity index (χ3n) is 4.69. The molecule has 0 radical (unpaired) electrons. The summed E-state index contributed by atoms with van der Waals surface area (Å²) in [6, 6.07) is 6.36. The highest BCUT2D eigenvalue weighted by atomic mass is 35.5. The molecule has 6 heteroatoms. The van der Waals surface area contributed by atoms with Gasteiger partial charge in [0.1, 0.15) is 5.82 Å². The maximum absolute atomic E-state index is 9.48. The summed E-state index contributed by atoms with van der Waals surface area (Å²) in [5.41, 5.74) is 4.73. The Labute approximate surface area is 152 Å². The quantitative estimate of drug-likeness (QED) is 0.860. The van der Waals surface area contributed by atoms with Gasteiger partial charge in [0, 0.05) is 35.5 Å². The maximum Gasteiger partial charge on any atom is 0.129 e. The van der Waals surface area contributed by atoms with Crippen LogP contribution in [-0.4, -0.2) is 32.8 Å². The Bertz CT molecular complexity index is 746. The lowest BCUT2D eigenvalue weighted by Gasteiger charge is -2.25. The van der Waals surface area contributed by atoms with Crippen molar-refractivity contribution in [3.05, 3.63) is 45.6 Å². The number of rotatable bonds is 3. The standard InChI is InChI=1S/C18H24ClN3OS/c1-10-9-13(19)5-6-14(10)17-16-12(3)21-22(4)18(16)20-11(2)15(24-17)7-8-23/h5-6,9,11,15,17,20,23H,7-8H2,1-4H3/t11-,15+,17+/m1/s1. The second-order valence-electron chi connectivity index (χ2n) is 6.47. The van der Waals surface area contributed by atoms with Gasteiger partial charge in [-0.2, -0.15) is 5.10 Å². The van der Waals surface area contributed by atoms with Crippen molar-refractivity contribution >= 4 is 29.2 Å². The number of nitrogens with zero attached hydrogens (tertiary/aromatic N) is 2. The topological polar surface area (TPSA) is 50.1 Å². The third kappa shape index (κ3) is 3.17. The number of aliphatic hydroxyl groups excluding tert-OH is 1. The molecule has 0 bridgehead atoms. The molecule has 0 spiro atoms. The van der Waals surface area contributed by atoms with Gasteiger partial charge in [-0.15, -0.1) is 11.8 Å². The molecule has 1 aromatic carbocycles. The number of benzene rings is 1. The minimum Gasteiger partial charge on any atom is -0.396 e. The zero-order chi connectivity index (χ0) is 17.4. The molecule has 0 saturated heterocycles. The summed E-state index contributed by atoms with van der Waals surface area (Å²) in [6.07, 6.45) is 0.766. The molecule has 130 valence electrons. The number of anilines is 1. The number of hydrogen-bond donors (Lipinski definition) is 2. The molecule has 3 atom stereocenters. The minimum absolute atomic E-state index is 0.181. The highest BCUT2D eigenvalue weighted by Gasteiger charge is 2.34. The molecule has 2 N–H and O–H groups in total. The van der Waals surface area contributed by atoms with Gasteiger partial charge in [-0.05, 0) is 50.5 Å². The van der Waals surface area contributed by atoms with E-state index in [9.17, 15) is 5.11 Å². The van der Waals surface area contributed by atoms with E-state index < -0.39 is 0 Å². The normalized spacial score (nSPS) is 23.5. The molecule has 0 fully saturated rings. The van der Waals surface area contributed by atoms with Gasteiger partial charge >= 0.3 is 0 Å². The number of aryl methyl sites for hydroxylation is 3. The monoisotopic (exact) mass is 365 g/mol. The maximum atomic E-state index is 9.48. The molecular weight excluding hydrogens is 342 g/mol. The van der Waals surface area contributed by atoms with E-state index in [2.05, 4.69) is 37.3 Å². The summed E-state index contributed by atoms with van der Waals surface area (Å²) >= 11 is 8.07. The Hall–Kier alpha value is -1.17. The lowest BCUT2D eigenvalue weighted by Crippen LogP contribution is -2.29. The Morgan fingerprint density at radius 2 is 2.12 bits per heavy atom. The van der Waals surface area contributed by atoms with Crippen molar-refractivity contribution in [3.63, 3.8) is 0 Å². The lowest BCUT2D eigenvalue weighted by atomic mass is 9.99. The zero-order valence-corrected chi connectivity index (χ0v) is 16.1. The number of halogens is 1. The Kier molecular flexibility index (Phi) is 5.13. The second-order valence-corrected chi connectivity index (χ2v) is 8.26. The SMILES string of the molecule is Cc1cc(Cl)ccc1[C@@H]1S[C@@H](CCO)[C@@H](C)Nc2c1c(C)nn2C. The predicted molar refractivity (Wildman–Crippen MR) is 102 cm³/mol. The fraction of sp³-hybridized carbons (Fsp3) is 0.500. The van der Waals surface area contributed by atoms with Gasteiger partial charge in [0.2, 0.25) is 0 Å². The molecule has 0 amide bonds. The first-order valence-electron chi connectivity index (χ1n) is 8.24. The average Bonchev–Trinajstić information content (AvgIpc) is 2.69. The first-order valence-corrected chi connectivity index (χ1v) is 9.56. The van der Waals surface area contributed by atoms with Crippen LogP contribution < -0.4 is 5.32 Å². The highest BCUT2D eigenvalue weighted by molar-refractivity contribution is 8.00. The lowest BCUT2D eigenvalue weighted by molar-refractivity contribution is 0.284. The van der Waals surface area contributed by atoms with E-state index in [-0.39, 0.29) is 17.9 Å². The Morgan fingerprint density at radius 3 is 2.79 bits per heavy atom. The summed E-state index contributed by atoms with van der Waals surface area (Å²) < 4.78 is 1.93. The number of aliphatic hydroxyl groups is 1. The van der Waals surface area contributed by atoms with E-state index >= 15 is 0 Å². The van der Waals surface area contributed by atoms with E-state index in [1.54, 1.807) is 0 Å². The van der Waals surface area contributed by atoms with E-state index in [1.807, 2.05) is 35.6 Å². The fourth-order valence-corrected chi connectivity index (χ4v) is 5.39. The van der Waals surface area contributed by atoms with Crippen LogP contribution in [0.4, 0.5) is 5.82 Å². The van der Waals surface area contributed by atoms with E-state index in [0.29, 0.717) is 5.25 Å². The smallest absolute Gasteiger partial charge is 0.129 e. The largest absolute Gasteiger partial charge is 0.396 e. The number of nitrogens with one attached hydrogen (secondary N) is 1. The summed E-state index contributed by atoms with van der Waals surface area (Å²) in [5, 5.41) is 19.0. The molecular formula is C18H24ClN3OS. The molecule has 4 nitrogen and oxygen atoms in total. The zero-order valence-electron chi connectivity index (χ0n) is 14.5. The Balaban J connectivity index is 2.14. The van der Waals surface area contributed by atoms with Crippen LogP contribution in [0, 0.1) is 13.8 Å². The van der Waals surface area contributed by atoms with Crippen LogP contribution in [0.2, 0.25) is 5.02 Å². The predicted octanol–water partition coefficient (Wildman–Crippen LogP) is 4.08. The number of thioether (sulfide) groups is 1. The summed E-state index contributed by atoms with van der Waals surface area (Å²) in [6.45, 7) is 6.55. The molecule has 0 saturated carbocycles. The van der Waals surface area contributed by atoms with E-state index in [0.717, 1.165) is 23.0 Å². The first kappa shape index (κ1) is 17.6. The van der Waals surface area contributed by atoms with Crippen molar-refractivity contribution < 1.29 is 5.11 Å². The van der Waals surface area contributed by atoms with Crippen molar-refractivity contribution in [2.24, 2.45) is 7.05 Å². The third-order valence-corrected chi connectivity index (χ3v) is 6.68. The number of fused-ring (bicyclic) bond motifs is 1. The number of aromatic nitrogens is 2. The van der Waals surface area contributed by atoms with Crippen molar-refractivity contribution in [2.75, 3.05) is 11.9 Å².